The zero-order valence-electron chi connectivity index (χ0n) is 18.8. The molecule has 1 N–H and O–H groups in total. The summed E-state index contributed by atoms with van der Waals surface area (Å²) in [6.45, 7) is 3.62. The van der Waals surface area contributed by atoms with E-state index < -0.39 is 59.5 Å². The van der Waals surface area contributed by atoms with E-state index in [1.165, 1.54) is 21.6 Å². The first-order chi connectivity index (χ1) is 16.0. The van der Waals surface area contributed by atoms with E-state index in [9.17, 15) is 39.2 Å². The number of sulfone groups is 1. The number of benzene rings is 1. The highest BCUT2D eigenvalue weighted by atomic mass is 32.2. The van der Waals surface area contributed by atoms with Crippen LogP contribution in [-0.2, 0) is 19.9 Å². The Bertz CT molecular complexity index is 1590. The molecular weight excluding hydrogens is 516 g/mol. The highest BCUT2D eigenvalue weighted by molar-refractivity contribution is 7.93. The molecule has 1 unspecified atom stereocenters. The first-order valence-corrected chi connectivity index (χ1v) is 13.3. The lowest BCUT2D eigenvalue weighted by molar-refractivity contribution is 0.0146. The lowest BCUT2D eigenvalue weighted by Gasteiger charge is -2.19. The molecule has 190 valence electrons. The number of pyridine rings is 1. The first kappa shape index (κ1) is 26.5. The first-order valence-electron chi connectivity index (χ1n) is 9.94. The van der Waals surface area contributed by atoms with Gasteiger partial charge in [-0.25, -0.2) is 30.6 Å². The Morgan fingerprint density at radius 2 is 1.71 bits per heavy atom. The molecule has 0 saturated carbocycles. The Kier molecular flexibility index (Phi) is 6.71. The summed E-state index contributed by atoms with van der Waals surface area (Å²) < 4.78 is 105. The topological polar surface area (TPSA) is 128 Å². The Labute approximate surface area is 197 Å². The normalized spacial score (nSPS) is 13.9. The summed E-state index contributed by atoms with van der Waals surface area (Å²) in [5.41, 5.74) is -1.63. The van der Waals surface area contributed by atoms with E-state index in [0.717, 1.165) is 24.5 Å². The van der Waals surface area contributed by atoms with Crippen molar-refractivity contribution in [1.29, 1.82) is 0 Å². The number of nitrogens with zero attached hydrogens (tertiary/aromatic N) is 3. The Balaban J connectivity index is 2.16. The molecule has 2 heterocycles. The maximum Gasteiger partial charge on any atom is 0.393 e. The van der Waals surface area contributed by atoms with Gasteiger partial charge in [0.25, 0.3) is 5.56 Å². The van der Waals surface area contributed by atoms with Gasteiger partial charge in [0.15, 0.2) is 6.17 Å². The fraction of sp³-hybridized carbons (Fsp3) is 0.350. The van der Waals surface area contributed by atoms with Crippen molar-refractivity contribution < 1.29 is 34.4 Å². The molecular formula is C20H20F4N4O5S2. The van der Waals surface area contributed by atoms with Crippen molar-refractivity contribution in [2.75, 3.05) is 11.0 Å². The minimum atomic E-state index is -5.61. The van der Waals surface area contributed by atoms with Gasteiger partial charge in [-0.2, -0.15) is 13.8 Å². The number of alkyl halides is 3. The molecule has 0 radical (unpaired) electrons. The van der Waals surface area contributed by atoms with Crippen LogP contribution in [0.25, 0.3) is 22.2 Å². The molecule has 0 spiro atoms. The number of hydrogen-bond donors (Lipinski definition) is 1. The second-order valence-corrected chi connectivity index (χ2v) is 11.7. The van der Waals surface area contributed by atoms with Crippen molar-refractivity contribution in [2.24, 2.45) is 0 Å². The summed E-state index contributed by atoms with van der Waals surface area (Å²) in [6.07, 6.45) is -0.970. The maximum absolute atomic E-state index is 14.7. The molecule has 0 saturated heterocycles. The molecule has 0 fully saturated rings. The fourth-order valence-corrected chi connectivity index (χ4v) is 4.68. The molecule has 0 bridgehead atoms. The van der Waals surface area contributed by atoms with Crippen LogP contribution in [-0.4, -0.2) is 49.1 Å². The van der Waals surface area contributed by atoms with E-state index in [1.54, 1.807) is 13.8 Å². The quantitative estimate of drug-likeness (QED) is 0.363. The Hall–Kier alpha value is -3.07. The summed E-state index contributed by atoms with van der Waals surface area (Å²) in [4.78, 5) is 21.0. The van der Waals surface area contributed by atoms with E-state index >= 15 is 0 Å². The van der Waals surface area contributed by atoms with Gasteiger partial charge in [-0.1, -0.05) is 6.07 Å². The number of fused-ring (bicyclic) bond motifs is 1. The zero-order chi connectivity index (χ0) is 26.5. The molecule has 3 rings (SSSR count). The molecule has 35 heavy (non-hydrogen) atoms. The second-order valence-electron chi connectivity index (χ2n) is 8.01. The smallest absolute Gasteiger partial charge is 0.289 e. The van der Waals surface area contributed by atoms with Gasteiger partial charge in [-0.3, -0.25) is 14.1 Å². The van der Waals surface area contributed by atoms with Gasteiger partial charge in [0, 0.05) is 29.4 Å². The van der Waals surface area contributed by atoms with Gasteiger partial charge in [0.2, 0.25) is 15.0 Å². The van der Waals surface area contributed by atoms with Gasteiger partial charge in [0.1, 0.15) is 11.5 Å². The van der Waals surface area contributed by atoms with Gasteiger partial charge in [-0.05, 0) is 44.5 Å². The van der Waals surface area contributed by atoms with E-state index in [0.29, 0.717) is 6.92 Å². The van der Waals surface area contributed by atoms with Gasteiger partial charge in [-0.15, -0.1) is 0 Å². The molecule has 1 atom stereocenters. The predicted octanol–water partition coefficient (Wildman–Crippen LogP) is 3.27. The summed E-state index contributed by atoms with van der Waals surface area (Å²) in [7, 11) is -9.39. The monoisotopic (exact) mass is 536 g/mol. The zero-order valence-corrected chi connectivity index (χ0v) is 20.4. The molecule has 0 aliphatic rings. The van der Waals surface area contributed by atoms with E-state index in [-0.39, 0.29) is 22.2 Å². The molecule has 3 aromatic rings. The van der Waals surface area contributed by atoms with Crippen LogP contribution in [0.5, 0.6) is 0 Å². The highest BCUT2D eigenvalue weighted by Gasteiger charge is 2.51. The number of anilines is 1. The average Bonchev–Trinajstić information content (AvgIpc) is 2.73. The number of sulfonamides is 1. The largest absolute Gasteiger partial charge is 0.393 e. The molecule has 9 nitrogen and oxygen atoms in total. The van der Waals surface area contributed by atoms with E-state index in [4.69, 9.17) is 0 Å². The van der Waals surface area contributed by atoms with Crippen LogP contribution in [0.3, 0.4) is 0 Å². The summed E-state index contributed by atoms with van der Waals surface area (Å²) in [6, 6.07) is 3.45. The van der Waals surface area contributed by atoms with Crippen LogP contribution >= 0.6 is 0 Å². The molecule has 15 heteroatoms. The lowest BCUT2D eigenvalue weighted by Crippen LogP contribution is -2.41. The van der Waals surface area contributed by atoms with Crippen LogP contribution in [0.2, 0.25) is 0 Å². The number of halogens is 4. The molecule has 1 aromatic carbocycles. The molecule has 0 amide bonds. The maximum atomic E-state index is 14.7. The number of nitrogens with one attached hydrogen (secondary N) is 1. The van der Waals surface area contributed by atoms with Gasteiger partial charge < -0.3 is 0 Å². The Morgan fingerprint density at radius 1 is 1.09 bits per heavy atom. The number of hydrogen-bond acceptors (Lipinski definition) is 7. The lowest BCUT2D eigenvalue weighted by atomic mass is 10.0. The second kappa shape index (κ2) is 8.86. The number of aromatic nitrogens is 3. The minimum Gasteiger partial charge on any atom is -0.289 e. The standard InChI is InChI=1S/C20H20F4N4O5S2/c1-10(2)28-17-13(9-25-19(26-17)34(4,30)31)7-14(18(28)29)12-5-6-16(15(22)8-12)27-35(32,33)20(23,24)11(3)21/h5-11,27H,1-4H3. The average molecular weight is 537 g/mol. The van der Waals surface area contributed by atoms with Gasteiger partial charge >= 0.3 is 15.3 Å². The molecule has 0 aliphatic heterocycles. The van der Waals surface area contributed by atoms with Crippen LogP contribution in [0.15, 0.2) is 40.4 Å². The predicted molar refractivity (Wildman–Crippen MR) is 121 cm³/mol. The minimum absolute atomic E-state index is 0.0246. The van der Waals surface area contributed by atoms with Crippen LogP contribution in [0, 0.1) is 5.82 Å². The van der Waals surface area contributed by atoms with Crippen LogP contribution < -0.4 is 10.3 Å². The SMILES string of the molecule is CC(C)n1c(=O)c(-c2ccc(NS(=O)(=O)C(F)(F)C(C)F)c(F)c2)cc2cnc(S(C)(=O)=O)nc21. The van der Waals surface area contributed by atoms with Crippen molar-refractivity contribution in [1.82, 2.24) is 14.5 Å². The van der Waals surface area contributed by atoms with Crippen molar-refractivity contribution >= 4 is 36.6 Å². The number of rotatable bonds is 7. The highest BCUT2D eigenvalue weighted by Crippen LogP contribution is 2.32. The van der Waals surface area contributed by atoms with E-state index in [1.807, 2.05) is 0 Å². The third-order valence-corrected chi connectivity index (χ3v) is 7.33. The summed E-state index contributed by atoms with van der Waals surface area (Å²) in [5, 5.41) is -5.05. The van der Waals surface area contributed by atoms with Crippen LogP contribution in [0.1, 0.15) is 26.8 Å². The van der Waals surface area contributed by atoms with Crippen molar-refractivity contribution in [2.45, 2.75) is 43.4 Å². The van der Waals surface area contributed by atoms with Crippen molar-refractivity contribution in [3.05, 3.63) is 46.6 Å². The summed E-state index contributed by atoms with van der Waals surface area (Å²) >= 11 is 0. The fourth-order valence-electron chi connectivity index (χ4n) is 3.16. The van der Waals surface area contributed by atoms with Gasteiger partial charge in [0.05, 0.1) is 5.69 Å². The molecule has 2 aromatic heterocycles. The summed E-state index contributed by atoms with van der Waals surface area (Å²) in [5.74, 6) is -1.30. The van der Waals surface area contributed by atoms with Crippen LogP contribution in [0.4, 0.5) is 23.2 Å². The third kappa shape index (κ3) is 4.87. The van der Waals surface area contributed by atoms with Crippen molar-refractivity contribution in [3.63, 3.8) is 0 Å². The third-order valence-electron chi connectivity index (χ3n) is 4.94. The van der Waals surface area contributed by atoms with Crippen molar-refractivity contribution in [3.8, 4) is 11.1 Å². The molecule has 0 aliphatic carbocycles. The van der Waals surface area contributed by atoms with E-state index in [2.05, 4.69) is 9.97 Å². The Morgan fingerprint density at radius 3 is 2.23 bits per heavy atom.